The van der Waals surface area contributed by atoms with E-state index < -0.39 is 0 Å². The second kappa shape index (κ2) is 5.42. The Labute approximate surface area is 111 Å². The molecule has 0 aliphatic rings. The van der Waals surface area contributed by atoms with Gasteiger partial charge in [0.25, 0.3) is 0 Å². The Hall–Kier alpha value is -1.52. The predicted octanol–water partition coefficient (Wildman–Crippen LogP) is 2.72. The summed E-state index contributed by atoms with van der Waals surface area (Å²) in [5.41, 5.74) is 8.42. The SMILES string of the molecule is Cc1cc(OCc2ncc(CN)[nH]2)cc(C)c1Cl. The topological polar surface area (TPSA) is 63.9 Å². The lowest BCUT2D eigenvalue weighted by atomic mass is 10.1. The summed E-state index contributed by atoms with van der Waals surface area (Å²) in [7, 11) is 0. The number of ether oxygens (including phenoxy) is 1. The molecule has 96 valence electrons. The summed E-state index contributed by atoms with van der Waals surface area (Å²) in [6, 6.07) is 3.84. The van der Waals surface area contributed by atoms with Gasteiger partial charge in [0.05, 0.1) is 0 Å². The fourth-order valence-corrected chi connectivity index (χ4v) is 1.83. The van der Waals surface area contributed by atoms with Gasteiger partial charge in [-0.05, 0) is 37.1 Å². The standard InChI is InChI=1S/C13H16ClN3O/c1-8-3-11(4-9(2)13(8)14)18-7-12-16-6-10(5-15)17-12/h3-4,6H,5,7,15H2,1-2H3,(H,16,17). The number of imidazole rings is 1. The van der Waals surface area contributed by atoms with Crippen LogP contribution in [0, 0.1) is 13.8 Å². The fourth-order valence-electron chi connectivity index (χ4n) is 1.72. The van der Waals surface area contributed by atoms with Crippen molar-refractivity contribution >= 4 is 11.6 Å². The van der Waals surface area contributed by atoms with Crippen LogP contribution in [0.4, 0.5) is 0 Å². The zero-order valence-corrected chi connectivity index (χ0v) is 11.2. The molecule has 0 fully saturated rings. The van der Waals surface area contributed by atoms with Crippen LogP contribution in [-0.4, -0.2) is 9.97 Å². The molecule has 0 bridgehead atoms. The van der Waals surface area contributed by atoms with E-state index in [2.05, 4.69) is 9.97 Å². The Morgan fingerprint density at radius 2 is 2.00 bits per heavy atom. The van der Waals surface area contributed by atoms with Gasteiger partial charge >= 0.3 is 0 Å². The molecule has 1 heterocycles. The van der Waals surface area contributed by atoms with Crippen LogP contribution in [-0.2, 0) is 13.2 Å². The average molecular weight is 266 g/mol. The van der Waals surface area contributed by atoms with E-state index in [0.717, 1.165) is 33.4 Å². The van der Waals surface area contributed by atoms with Crippen molar-refractivity contribution in [3.63, 3.8) is 0 Å². The van der Waals surface area contributed by atoms with Gasteiger partial charge in [0, 0.05) is 23.5 Å². The molecule has 0 spiro atoms. The molecule has 2 rings (SSSR count). The predicted molar refractivity (Wildman–Crippen MR) is 71.7 cm³/mol. The van der Waals surface area contributed by atoms with Gasteiger partial charge in [-0.15, -0.1) is 0 Å². The summed E-state index contributed by atoms with van der Waals surface area (Å²) >= 11 is 6.10. The molecule has 0 saturated carbocycles. The van der Waals surface area contributed by atoms with Crippen molar-refractivity contribution in [2.45, 2.75) is 27.0 Å². The van der Waals surface area contributed by atoms with Crippen molar-refractivity contribution in [2.75, 3.05) is 0 Å². The first kappa shape index (κ1) is 12.9. The van der Waals surface area contributed by atoms with Crippen LogP contribution < -0.4 is 10.5 Å². The monoisotopic (exact) mass is 265 g/mol. The number of nitrogens with two attached hydrogens (primary N) is 1. The maximum Gasteiger partial charge on any atom is 0.146 e. The summed E-state index contributed by atoms with van der Waals surface area (Å²) in [6.07, 6.45) is 1.72. The highest BCUT2D eigenvalue weighted by Gasteiger charge is 2.05. The zero-order valence-electron chi connectivity index (χ0n) is 10.5. The summed E-state index contributed by atoms with van der Waals surface area (Å²) in [5.74, 6) is 1.56. The molecule has 0 saturated heterocycles. The van der Waals surface area contributed by atoms with Crippen LogP contribution in [0.15, 0.2) is 18.3 Å². The Kier molecular flexibility index (Phi) is 3.89. The van der Waals surface area contributed by atoms with Crippen LogP contribution in [0.25, 0.3) is 0 Å². The Balaban J connectivity index is 2.06. The van der Waals surface area contributed by atoms with Gasteiger partial charge in [0.2, 0.25) is 0 Å². The van der Waals surface area contributed by atoms with E-state index in [1.165, 1.54) is 0 Å². The molecule has 0 aliphatic heterocycles. The molecule has 3 N–H and O–H groups in total. The van der Waals surface area contributed by atoms with Gasteiger partial charge < -0.3 is 15.5 Å². The molecule has 4 nitrogen and oxygen atoms in total. The minimum absolute atomic E-state index is 0.389. The van der Waals surface area contributed by atoms with Gasteiger partial charge in [0.1, 0.15) is 18.2 Å². The van der Waals surface area contributed by atoms with E-state index in [0.29, 0.717) is 13.2 Å². The van der Waals surface area contributed by atoms with Crippen molar-refractivity contribution in [1.82, 2.24) is 9.97 Å². The van der Waals surface area contributed by atoms with Crippen LogP contribution in [0.1, 0.15) is 22.6 Å². The number of rotatable bonds is 4. The Morgan fingerprint density at radius 1 is 1.33 bits per heavy atom. The number of aromatic nitrogens is 2. The van der Waals surface area contributed by atoms with Gasteiger partial charge in [-0.3, -0.25) is 0 Å². The lowest BCUT2D eigenvalue weighted by Gasteiger charge is -2.08. The normalized spacial score (nSPS) is 10.7. The highest BCUT2D eigenvalue weighted by Crippen LogP contribution is 2.26. The van der Waals surface area contributed by atoms with Gasteiger partial charge in [-0.25, -0.2) is 4.98 Å². The molecule has 1 aromatic carbocycles. The molecule has 0 amide bonds. The van der Waals surface area contributed by atoms with E-state index in [1.807, 2.05) is 26.0 Å². The molecule has 0 atom stereocenters. The number of aryl methyl sites for hydroxylation is 2. The minimum atomic E-state index is 0.389. The quantitative estimate of drug-likeness (QED) is 0.893. The van der Waals surface area contributed by atoms with E-state index in [-0.39, 0.29) is 0 Å². The van der Waals surface area contributed by atoms with E-state index >= 15 is 0 Å². The smallest absolute Gasteiger partial charge is 0.146 e. The lowest BCUT2D eigenvalue weighted by Crippen LogP contribution is -2.00. The zero-order chi connectivity index (χ0) is 13.1. The molecular weight excluding hydrogens is 250 g/mol. The average Bonchev–Trinajstić information content (AvgIpc) is 2.81. The number of halogens is 1. The van der Waals surface area contributed by atoms with Gasteiger partial charge in [-0.1, -0.05) is 11.6 Å². The number of nitrogens with one attached hydrogen (secondary N) is 1. The van der Waals surface area contributed by atoms with Crippen molar-refractivity contribution < 1.29 is 4.74 Å². The lowest BCUT2D eigenvalue weighted by molar-refractivity contribution is 0.296. The third kappa shape index (κ3) is 2.83. The molecule has 1 aromatic heterocycles. The van der Waals surface area contributed by atoms with Crippen LogP contribution in [0.2, 0.25) is 5.02 Å². The van der Waals surface area contributed by atoms with E-state index in [1.54, 1.807) is 6.20 Å². The van der Waals surface area contributed by atoms with Crippen molar-refractivity contribution in [3.05, 3.63) is 46.0 Å². The van der Waals surface area contributed by atoms with Crippen LogP contribution in [0.5, 0.6) is 5.75 Å². The summed E-state index contributed by atoms with van der Waals surface area (Å²) in [4.78, 5) is 7.26. The van der Waals surface area contributed by atoms with Crippen molar-refractivity contribution in [1.29, 1.82) is 0 Å². The number of aromatic amines is 1. The third-order valence-corrected chi connectivity index (χ3v) is 3.28. The first-order valence-corrected chi connectivity index (χ1v) is 6.10. The maximum atomic E-state index is 6.10. The van der Waals surface area contributed by atoms with Gasteiger partial charge in [-0.2, -0.15) is 0 Å². The highest BCUT2D eigenvalue weighted by atomic mass is 35.5. The second-order valence-electron chi connectivity index (χ2n) is 4.22. The minimum Gasteiger partial charge on any atom is -0.486 e. The number of hydrogen-bond acceptors (Lipinski definition) is 3. The first-order chi connectivity index (χ1) is 8.60. The number of hydrogen-bond donors (Lipinski definition) is 2. The van der Waals surface area contributed by atoms with Crippen molar-refractivity contribution in [3.8, 4) is 5.75 Å². The van der Waals surface area contributed by atoms with Crippen LogP contribution in [0.3, 0.4) is 0 Å². The van der Waals surface area contributed by atoms with Gasteiger partial charge in [0.15, 0.2) is 0 Å². The molecular formula is C13H16ClN3O. The molecule has 18 heavy (non-hydrogen) atoms. The maximum absolute atomic E-state index is 6.10. The Morgan fingerprint density at radius 3 is 2.56 bits per heavy atom. The van der Waals surface area contributed by atoms with Crippen molar-refractivity contribution in [2.24, 2.45) is 5.73 Å². The molecule has 0 unspecified atom stereocenters. The summed E-state index contributed by atoms with van der Waals surface area (Å²) in [6.45, 7) is 4.76. The number of nitrogens with zero attached hydrogens (tertiary/aromatic N) is 1. The number of H-pyrrole nitrogens is 1. The molecule has 0 radical (unpaired) electrons. The summed E-state index contributed by atoms with van der Waals surface area (Å²) < 4.78 is 5.67. The first-order valence-electron chi connectivity index (χ1n) is 5.72. The highest BCUT2D eigenvalue weighted by molar-refractivity contribution is 6.32. The summed E-state index contributed by atoms with van der Waals surface area (Å²) in [5, 5.41) is 0.783. The fraction of sp³-hybridized carbons (Fsp3) is 0.308. The largest absolute Gasteiger partial charge is 0.486 e. The van der Waals surface area contributed by atoms with Crippen LogP contribution >= 0.6 is 11.6 Å². The molecule has 0 aliphatic carbocycles. The number of benzene rings is 1. The molecule has 2 aromatic rings. The second-order valence-corrected chi connectivity index (χ2v) is 4.60. The van der Waals surface area contributed by atoms with E-state index in [9.17, 15) is 0 Å². The third-order valence-electron chi connectivity index (χ3n) is 2.69. The Bertz CT molecular complexity index is 528. The van der Waals surface area contributed by atoms with E-state index in [4.69, 9.17) is 22.1 Å². The molecule has 5 heteroatoms.